The molecule has 2 aromatic carbocycles. The number of aliphatic hydroxyl groups excluding tert-OH is 1. The van der Waals surface area contributed by atoms with Crippen molar-refractivity contribution in [3.8, 4) is 6.07 Å². The number of halogens is 1. The Labute approximate surface area is 191 Å². The van der Waals surface area contributed by atoms with Crippen molar-refractivity contribution in [2.24, 2.45) is 5.41 Å². The molecule has 1 N–H and O–H groups in total. The van der Waals surface area contributed by atoms with Crippen molar-refractivity contribution in [2.75, 3.05) is 0 Å². The standard InChI is InChI=1S/C25H24FN3O4/c1-14(28-23(32)17-9-4-5-10-18(17)24(28)33)22(31)29-20(25(2,3)13-27)12-19(30)21(29)15-7-6-8-16(26)11-15/h4-11,14,19-21,30H,12H2,1-3H3/t14-,19-,20-,21-/m1/s1. The minimum atomic E-state index is -1.18. The largest absolute Gasteiger partial charge is 0.391 e. The first-order valence-electron chi connectivity index (χ1n) is 10.7. The maximum absolute atomic E-state index is 14.0. The molecule has 33 heavy (non-hydrogen) atoms. The summed E-state index contributed by atoms with van der Waals surface area (Å²) < 4.78 is 14.0. The fourth-order valence-corrected chi connectivity index (χ4v) is 4.82. The van der Waals surface area contributed by atoms with Crippen molar-refractivity contribution in [2.45, 2.75) is 51.4 Å². The van der Waals surface area contributed by atoms with Gasteiger partial charge in [-0.25, -0.2) is 4.39 Å². The lowest BCUT2D eigenvalue weighted by Gasteiger charge is -2.39. The van der Waals surface area contributed by atoms with E-state index in [9.17, 15) is 29.1 Å². The smallest absolute Gasteiger partial charge is 0.262 e. The number of aliphatic hydroxyl groups is 1. The number of hydrogen-bond donors (Lipinski definition) is 1. The quantitative estimate of drug-likeness (QED) is 0.723. The van der Waals surface area contributed by atoms with E-state index in [1.54, 1.807) is 32.0 Å². The van der Waals surface area contributed by atoms with Crippen molar-refractivity contribution in [1.29, 1.82) is 5.26 Å². The summed E-state index contributed by atoms with van der Waals surface area (Å²) in [6, 6.07) is 11.3. The molecule has 8 heteroatoms. The molecule has 4 atom stereocenters. The average molecular weight is 449 g/mol. The van der Waals surface area contributed by atoms with Crippen LogP contribution in [0.4, 0.5) is 4.39 Å². The van der Waals surface area contributed by atoms with E-state index in [0.717, 1.165) is 4.90 Å². The zero-order chi connectivity index (χ0) is 24.1. The lowest BCUT2D eigenvalue weighted by atomic mass is 9.84. The number of carbonyl (C=O) groups excluding carboxylic acids is 3. The molecule has 3 amide bonds. The van der Waals surface area contributed by atoms with Crippen molar-refractivity contribution in [3.63, 3.8) is 0 Å². The van der Waals surface area contributed by atoms with Gasteiger partial charge < -0.3 is 10.0 Å². The van der Waals surface area contributed by atoms with Gasteiger partial charge in [0.2, 0.25) is 5.91 Å². The molecule has 7 nitrogen and oxygen atoms in total. The zero-order valence-electron chi connectivity index (χ0n) is 18.5. The van der Waals surface area contributed by atoms with E-state index in [-0.39, 0.29) is 17.5 Å². The van der Waals surface area contributed by atoms with Crippen LogP contribution in [-0.4, -0.2) is 50.8 Å². The Morgan fingerprint density at radius 3 is 2.30 bits per heavy atom. The molecular formula is C25H24FN3O4. The summed E-state index contributed by atoms with van der Waals surface area (Å²) in [5.74, 6) is -2.27. The van der Waals surface area contributed by atoms with E-state index in [1.807, 2.05) is 0 Å². The number of likely N-dealkylation sites (tertiary alicyclic amines) is 1. The summed E-state index contributed by atoms with van der Waals surface area (Å²) in [7, 11) is 0. The molecule has 0 radical (unpaired) electrons. The summed E-state index contributed by atoms with van der Waals surface area (Å²) in [6.07, 6.45) is -0.953. The molecule has 1 fully saturated rings. The van der Waals surface area contributed by atoms with Gasteiger partial charge in [0.05, 0.1) is 40.8 Å². The number of fused-ring (bicyclic) bond motifs is 1. The molecule has 0 unspecified atom stereocenters. The molecule has 0 spiro atoms. The molecule has 0 bridgehead atoms. The topological polar surface area (TPSA) is 102 Å². The Hall–Kier alpha value is -3.57. The number of hydrogen-bond acceptors (Lipinski definition) is 5. The molecule has 2 aliphatic rings. The molecule has 2 heterocycles. The Morgan fingerprint density at radius 1 is 1.15 bits per heavy atom. The number of nitrogens with zero attached hydrogens (tertiary/aromatic N) is 3. The summed E-state index contributed by atoms with van der Waals surface area (Å²) in [5, 5.41) is 20.6. The summed E-state index contributed by atoms with van der Waals surface area (Å²) in [4.78, 5) is 42.0. The van der Waals surface area contributed by atoms with Crippen molar-refractivity contribution in [1.82, 2.24) is 9.80 Å². The van der Waals surface area contributed by atoms with Gasteiger partial charge in [-0.2, -0.15) is 5.26 Å². The van der Waals surface area contributed by atoms with E-state index in [4.69, 9.17) is 0 Å². The fourth-order valence-electron chi connectivity index (χ4n) is 4.82. The Balaban J connectivity index is 1.75. The van der Waals surface area contributed by atoms with E-state index in [2.05, 4.69) is 6.07 Å². The van der Waals surface area contributed by atoms with Gasteiger partial charge in [-0.05, 0) is 57.0 Å². The van der Waals surface area contributed by atoms with Crippen LogP contribution in [0.3, 0.4) is 0 Å². The van der Waals surface area contributed by atoms with Crippen LogP contribution in [0.1, 0.15) is 59.5 Å². The first-order chi connectivity index (χ1) is 15.6. The highest BCUT2D eigenvalue weighted by Crippen LogP contribution is 2.44. The monoisotopic (exact) mass is 449 g/mol. The molecule has 4 rings (SSSR count). The Morgan fingerprint density at radius 2 is 1.76 bits per heavy atom. The third-order valence-corrected chi connectivity index (χ3v) is 6.60. The highest BCUT2D eigenvalue weighted by Gasteiger charge is 2.52. The van der Waals surface area contributed by atoms with E-state index in [0.29, 0.717) is 5.56 Å². The number of rotatable bonds is 4. The third kappa shape index (κ3) is 3.58. The molecule has 170 valence electrons. The molecule has 0 aliphatic carbocycles. The lowest BCUT2D eigenvalue weighted by Crippen LogP contribution is -2.54. The van der Waals surface area contributed by atoms with Crippen molar-refractivity contribution < 1.29 is 23.9 Å². The number of benzene rings is 2. The fraction of sp³-hybridized carbons (Fsp3) is 0.360. The van der Waals surface area contributed by atoms with E-state index in [1.165, 1.54) is 42.2 Å². The van der Waals surface area contributed by atoms with Crippen LogP contribution in [-0.2, 0) is 4.79 Å². The van der Waals surface area contributed by atoms with Crippen LogP contribution in [0.15, 0.2) is 48.5 Å². The Bertz CT molecular complexity index is 1150. The van der Waals surface area contributed by atoms with E-state index >= 15 is 0 Å². The molecule has 0 saturated carbocycles. The van der Waals surface area contributed by atoms with Gasteiger partial charge in [0.25, 0.3) is 11.8 Å². The number of carbonyl (C=O) groups is 3. The van der Waals surface area contributed by atoms with Gasteiger partial charge in [-0.1, -0.05) is 24.3 Å². The first kappa shape index (κ1) is 22.6. The molecule has 0 aromatic heterocycles. The minimum Gasteiger partial charge on any atom is -0.391 e. The second-order valence-corrected chi connectivity index (χ2v) is 9.10. The second kappa shape index (κ2) is 8.09. The van der Waals surface area contributed by atoms with E-state index < -0.39 is 53.2 Å². The first-order valence-corrected chi connectivity index (χ1v) is 10.7. The maximum Gasteiger partial charge on any atom is 0.262 e. The number of imide groups is 1. The third-order valence-electron chi connectivity index (χ3n) is 6.60. The maximum atomic E-state index is 14.0. The zero-order valence-corrected chi connectivity index (χ0v) is 18.5. The van der Waals surface area contributed by atoms with Gasteiger partial charge in [0, 0.05) is 0 Å². The summed E-state index contributed by atoms with van der Waals surface area (Å²) >= 11 is 0. The normalized spacial score (nSPS) is 23.5. The van der Waals surface area contributed by atoms with Gasteiger partial charge in [-0.3, -0.25) is 19.3 Å². The van der Waals surface area contributed by atoms with Crippen LogP contribution in [0.2, 0.25) is 0 Å². The van der Waals surface area contributed by atoms with Gasteiger partial charge in [0.15, 0.2) is 0 Å². The van der Waals surface area contributed by atoms with Crippen LogP contribution in [0.25, 0.3) is 0 Å². The summed E-state index contributed by atoms with van der Waals surface area (Å²) in [5.41, 5.74) is -0.222. The number of nitriles is 1. The molecule has 1 saturated heterocycles. The molecular weight excluding hydrogens is 425 g/mol. The van der Waals surface area contributed by atoms with Crippen LogP contribution < -0.4 is 0 Å². The predicted molar refractivity (Wildman–Crippen MR) is 116 cm³/mol. The lowest BCUT2D eigenvalue weighted by molar-refractivity contribution is -0.140. The average Bonchev–Trinajstić information content (AvgIpc) is 3.27. The highest BCUT2D eigenvalue weighted by molar-refractivity contribution is 6.22. The van der Waals surface area contributed by atoms with Gasteiger partial charge >= 0.3 is 0 Å². The van der Waals surface area contributed by atoms with Gasteiger partial charge in [-0.15, -0.1) is 0 Å². The van der Waals surface area contributed by atoms with Crippen molar-refractivity contribution in [3.05, 3.63) is 71.0 Å². The molecule has 2 aliphatic heterocycles. The second-order valence-electron chi connectivity index (χ2n) is 9.10. The van der Waals surface area contributed by atoms with Crippen LogP contribution >= 0.6 is 0 Å². The van der Waals surface area contributed by atoms with Crippen LogP contribution in [0, 0.1) is 22.6 Å². The predicted octanol–water partition coefficient (Wildman–Crippen LogP) is 3.06. The Kier molecular flexibility index (Phi) is 5.54. The van der Waals surface area contributed by atoms with Crippen LogP contribution in [0.5, 0.6) is 0 Å². The SMILES string of the molecule is C[C@H](C(=O)N1[C@H](c2cccc(F)c2)[C@H](O)C[C@@H]1C(C)(C)C#N)N1C(=O)c2ccccc2C1=O. The van der Waals surface area contributed by atoms with Crippen molar-refractivity contribution >= 4 is 17.7 Å². The minimum absolute atomic E-state index is 0.0995. The molecule has 2 aromatic rings. The number of amides is 3. The van der Waals surface area contributed by atoms with Gasteiger partial charge in [0.1, 0.15) is 11.9 Å². The summed E-state index contributed by atoms with van der Waals surface area (Å²) in [6.45, 7) is 4.77. The highest BCUT2D eigenvalue weighted by atomic mass is 19.1.